The molecule has 2 aromatic rings. The van der Waals surface area contributed by atoms with Gasteiger partial charge in [-0.3, -0.25) is 10.2 Å². The summed E-state index contributed by atoms with van der Waals surface area (Å²) in [6.07, 6.45) is 0. The molecule has 0 radical (unpaired) electrons. The van der Waals surface area contributed by atoms with E-state index in [4.69, 9.17) is 17.3 Å². The third kappa shape index (κ3) is 2.13. The van der Waals surface area contributed by atoms with Gasteiger partial charge in [0.05, 0.1) is 11.2 Å². The molecule has 0 spiro atoms. The molecule has 1 aromatic carbocycles. The van der Waals surface area contributed by atoms with Crippen molar-refractivity contribution in [2.24, 2.45) is 0 Å². The third-order valence-electron chi connectivity index (χ3n) is 2.22. The van der Waals surface area contributed by atoms with Crippen LogP contribution in [0.3, 0.4) is 0 Å². The number of nitrogen functional groups attached to an aromatic ring is 1. The number of amides is 1. The highest BCUT2D eigenvalue weighted by Gasteiger charge is 2.14. The van der Waals surface area contributed by atoms with Gasteiger partial charge in [0, 0.05) is 17.5 Å². The lowest BCUT2D eigenvalue weighted by Crippen LogP contribution is -2.35. The quantitative estimate of drug-likeness (QED) is 0.684. The molecule has 1 amide bonds. The van der Waals surface area contributed by atoms with Crippen molar-refractivity contribution in [2.45, 2.75) is 0 Å². The predicted molar refractivity (Wildman–Crippen MR) is 65.5 cm³/mol. The van der Waals surface area contributed by atoms with E-state index in [2.05, 4.69) is 21.0 Å². The zero-order chi connectivity index (χ0) is 12.4. The fourth-order valence-electron chi connectivity index (χ4n) is 1.44. The van der Waals surface area contributed by atoms with Crippen LogP contribution in [0, 0.1) is 0 Å². The van der Waals surface area contributed by atoms with Crippen molar-refractivity contribution < 1.29 is 4.79 Å². The molecular weight excluding hydrogens is 242 g/mol. The van der Waals surface area contributed by atoms with Crippen LogP contribution in [-0.4, -0.2) is 23.2 Å². The van der Waals surface area contributed by atoms with Crippen LogP contribution in [0.25, 0.3) is 10.9 Å². The second-order valence-corrected chi connectivity index (χ2v) is 3.76. The van der Waals surface area contributed by atoms with E-state index in [9.17, 15) is 4.79 Å². The average molecular weight is 252 g/mol. The predicted octanol–water partition coefficient (Wildman–Crippen LogP) is 0.730. The molecule has 88 valence electrons. The molecule has 0 fully saturated rings. The number of halogens is 1. The van der Waals surface area contributed by atoms with Gasteiger partial charge in [-0.25, -0.2) is 5.43 Å². The summed E-state index contributed by atoms with van der Waals surface area (Å²) in [5, 5.41) is 8.87. The van der Waals surface area contributed by atoms with Gasteiger partial charge < -0.3 is 5.73 Å². The van der Waals surface area contributed by atoms with Gasteiger partial charge in [-0.2, -0.15) is 0 Å². The summed E-state index contributed by atoms with van der Waals surface area (Å²) in [7, 11) is 1.57. The summed E-state index contributed by atoms with van der Waals surface area (Å²) in [6, 6.07) is 5.03. The number of hydrogen-bond donors (Lipinski definition) is 3. The Morgan fingerprint density at radius 3 is 2.88 bits per heavy atom. The molecule has 0 atom stereocenters. The first-order chi connectivity index (χ1) is 8.13. The Balaban J connectivity index is 2.58. The number of carbonyl (C=O) groups excluding carboxylic acids is 1. The minimum absolute atomic E-state index is 0.0779. The van der Waals surface area contributed by atoms with E-state index in [0.717, 1.165) is 0 Å². The highest BCUT2D eigenvalue weighted by Crippen LogP contribution is 2.23. The first-order valence-corrected chi connectivity index (χ1v) is 5.19. The maximum Gasteiger partial charge on any atom is 0.288 e. The number of aromatic nitrogens is 2. The molecule has 0 bridgehead atoms. The normalized spacial score (nSPS) is 10.5. The van der Waals surface area contributed by atoms with Crippen LogP contribution >= 0.6 is 11.6 Å². The summed E-state index contributed by atoms with van der Waals surface area (Å²) >= 11 is 5.83. The molecule has 6 nitrogen and oxygen atoms in total. The molecule has 0 aliphatic heterocycles. The topological polar surface area (TPSA) is 92.9 Å². The second kappa shape index (κ2) is 4.52. The zero-order valence-corrected chi connectivity index (χ0v) is 9.75. The molecule has 1 heterocycles. The van der Waals surface area contributed by atoms with Crippen LogP contribution in [0.2, 0.25) is 5.02 Å². The molecule has 0 aliphatic carbocycles. The van der Waals surface area contributed by atoms with Crippen molar-refractivity contribution in [3.8, 4) is 0 Å². The molecule has 4 N–H and O–H groups in total. The Bertz CT molecular complexity index is 586. The average Bonchev–Trinajstić information content (AvgIpc) is 2.29. The van der Waals surface area contributed by atoms with Crippen LogP contribution in [0.15, 0.2) is 18.2 Å². The standard InChI is InChI=1S/C10H10ClN5O/c1-13-16-10(17)9-8(12)6-3-2-5(11)4-7(6)14-15-9/h2-4,13H,1H3,(H2,12,14)(H,16,17). The van der Waals surface area contributed by atoms with Crippen LogP contribution in [-0.2, 0) is 0 Å². The van der Waals surface area contributed by atoms with Crippen LogP contribution in [0.4, 0.5) is 5.69 Å². The second-order valence-electron chi connectivity index (χ2n) is 3.33. The molecule has 17 heavy (non-hydrogen) atoms. The van der Waals surface area contributed by atoms with Crippen molar-refractivity contribution in [3.63, 3.8) is 0 Å². The highest BCUT2D eigenvalue weighted by molar-refractivity contribution is 6.31. The minimum atomic E-state index is -0.436. The maximum absolute atomic E-state index is 11.6. The van der Waals surface area contributed by atoms with Gasteiger partial charge in [-0.05, 0) is 18.2 Å². The summed E-state index contributed by atoms with van der Waals surface area (Å²) < 4.78 is 0. The Kier molecular flexibility index (Phi) is 3.08. The molecular formula is C10H10ClN5O. The number of nitrogens with one attached hydrogen (secondary N) is 2. The van der Waals surface area contributed by atoms with E-state index in [1.165, 1.54) is 0 Å². The number of nitrogens with zero attached hydrogens (tertiary/aromatic N) is 2. The SMILES string of the molecule is CNNC(=O)c1nnc2cc(Cl)ccc2c1N. The first kappa shape index (κ1) is 11.6. The Labute approximate surface area is 102 Å². The number of hydrogen-bond acceptors (Lipinski definition) is 5. The van der Waals surface area contributed by atoms with E-state index in [1.807, 2.05) is 0 Å². The number of anilines is 1. The van der Waals surface area contributed by atoms with Gasteiger partial charge in [0.25, 0.3) is 5.91 Å². The van der Waals surface area contributed by atoms with Gasteiger partial charge >= 0.3 is 0 Å². The van der Waals surface area contributed by atoms with E-state index in [1.54, 1.807) is 25.2 Å². The van der Waals surface area contributed by atoms with Gasteiger partial charge in [0.15, 0.2) is 5.69 Å². The number of carbonyl (C=O) groups is 1. The van der Waals surface area contributed by atoms with Crippen molar-refractivity contribution in [2.75, 3.05) is 12.8 Å². The number of hydrazine groups is 1. The lowest BCUT2D eigenvalue weighted by atomic mass is 10.1. The van der Waals surface area contributed by atoms with Crippen molar-refractivity contribution in [1.82, 2.24) is 21.0 Å². The Morgan fingerprint density at radius 1 is 1.41 bits per heavy atom. The summed E-state index contributed by atoms with van der Waals surface area (Å²) in [4.78, 5) is 11.6. The third-order valence-corrected chi connectivity index (χ3v) is 2.45. The van der Waals surface area contributed by atoms with E-state index in [-0.39, 0.29) is 11.4 Å². The highest BCUT2D eigenvalue weighted by atomic mass is 35.5. The van der Waals surface area contributed by atoms with E-state index >= 15 is 0 Å². The van der Waals surface area contributed by atoms with Crippen LogP contribution in [0.1, 0.15) is 10.5 Å². The molecule has 0 aliphatic rings. The van der Waals surface area contributed by atoms with Crippen LogP contribution in [0.5, 0.6) is 0 Å². The summed E-state index contributed by atoms with van der Waals surface area (Å²) in [5.41, 5.74) is 11.7. The number of nitrogens with two attached hydrogens (primary N) is 1. The molecule has 2 rings (SSSR count). The zero-order valence-electron chi connectivity index (χ0n) is 8.99. The smallest absolute Gasteiger partial charge is 0.288 e. The fraction of sp³-hybridized carbons (Fsp3) is 0.100. The van der Waals surface area contributed by atoms with Gasteiger partial charge in [-0.15, -0.1) is 10.2 Å². The first-order valence-electron chi connectivity index (χ1n) is 4.82. The lowest BCUT2D eigenvalue weighted by Gasteiger charge is -2.07. The van der Waals surface area contributed by atoms with Crippen molar-refractivity contribution in [3.05, 3.63) is 28.9 Å². The largest absolute Gasteiger partial charge is 0.396 e. The minimum Gasteiger partial charge on any atom is -0.396 e. The lowest BCUT2D eigenvalue weighted by molar-refractivity contribution is 0.0933. The van der Waals surface area contributed by atoms with E-state index < -0.39 is 5.91 Å². The Morgan fingerprint density at radius 2 is 2.18 bits per heavy atom. The fourth-order valence-corrected chi connectivity index (χ4v) is 1.61. The molecule has 0 saturated carbocycles. The van der Waals surface area contributed by atoms with Crippen molar-refractivity contribution in [1.29, 1.82) is 0 Å². The molecule has 0 unspecified atom stereocenters. The number of benzene rings is 1. The maximum atomic E-state index is 11.6. The number of rotatable bonds is 2. The monoisotopic (exact) mass is 251 g/mol. The van der Waals surface area contributed by atoms with Crippen LogP contribution < -0.4 is 16.6 Å². The Hall–Kier alpha value is -1.92. The van der Waals surface area contributed by atoms with Crippen molar-refractivity contribution >= 4 is 34.1 Å². The summed E-state index contributed by atoms with van der Waals surface area (Å²) in [6.45, 7) is 0. The van der Waals surface area contributed by atoms with Gasteiger partial charge in [-0.1, -0.05) is 11.6 Å². The summed E-state index contributed by atoms with van der Waals surface area (Å²) in [5.74, 6) is -0.436. The molecule has 1 aromatic heterocycles. The molecule has 0 saturated heterocycles. The number of fused-ring (bicyclic) bond motifs is 1. The molecule has 7 heteroatoms. The van der Waals surface area contributed by atoms with E-state index in [0.29, 0.717) is 15.9 Å². The van der Waals surface area contributed by atoms with Gasteiger partial charge in [0.2, 0.25) is 0 Å². The van der Waals surface area contributed by atoms with Gasteiger partial charge in [0.1, 0.15) is 0 Å².